The van der Waals surface area contributed by atoms with Crippen LogP contribution in [0.25, 0.3) is 0 Å². The quantitative estimate of drug-likeness (QED) is 0.673. The first-order chi connectivity index (χ1) is 12.9. The number of carbonyl (C=O) groups is 2. The van der Waals surface area contributed by atoms with Gasteiger partial charge in [-0.05, 0) is 49.7 Å². The summed E-state index contributed by atoms with van der Waals surface area (Å²) in [4.78, 5) is 23.1. The third-order valence-corrected chi connectivity index (χ3v) is 4.46. The molecule has 0 saturated heterocycles. The van der Waals surface area contributed by atoms with E-state index in [1.54, 1.807) is 24.3 Å². The summed E-state index contributed by atoms with van der Waals surface area (Å²) >= 11 is 1.31. The molecule has 2 N–H and O–H groups in total. The largest absolute Gasteiger partial charge is 0.493 e. The van der Waals surface area contributed by atoms with Crippen molar-refractivity contribution in [2.24, 2.45) is 0 Å². The summed E-state index contributed by atoms with van der Waals surface area (Å²) in [7, 11) is 1.53. The number of aliphatic carboxylic acids is 1. The fourth-order valence-corrected chi connectivity index (χ4v) is 3.05. The van der Waals surface area contributed by atoms with Gasteiger partial charge in [0.05, 0.1) is 19.0 Å². The Kier molecular flexibility index (Phi) is 7.55. The van der Waals surface area contributed by atoms with Crippen LogP contribution < -0.4 is 14.8 Å². The van der Waals surface area contributed by atoms with E-state index in [0.29, 0.717) is 28.5 Å². The van der Waals surface area contributed by atoms with Gasteiger partial charge in [-0.1, -0.05) is 12.1 Å². The third-order valence-electron chi connectivity index (χ3n) is 3.47. The van der Waals surface area contributed by atoms with Gasteiger partial charge in [0, 0.05) is 17.0 Å². The van der Waals surface area contributed by atoms with Gasteiger partial charge in [-0.2, -0.15) is 0 Å². The van der Waals surface area contributed by atoms with Crippen LogP contribution in [0, 0.1) is 0 Å². The van der Waals surface area contributed by atoms with Crippen molar-refractivity contribution >= 4 is 29.3 Å². The average molecular weight is 389 g/mol. The summed E-state index contributed by atoms with van der Waals surface area (Å²) in [5.74, 6) is 0.575. The number of hydrogen-bond donors (Lipinski definition) is 2. The molecule has 0 aromatic heterocycles. The number of ether oxygens (including phenoxy) is 2. The number of anilines is 1. The van der Waals surface area contributed by atoms with Crippen LogP contribution in [0.3, 0.4) is 0 Å². The SMILES string of the molecule is COc1cc(C(=O)Nc2cccc(CSCC(=O)O)c2)ccc1OC(C)C. The Morgan fingerprint density at radius 2 is 1.93 bits per heavy atom. The van der Waals surface area contributed by atoms with Crippen LogP contribution in [0.2, 0.25) is 0 Å². The van der Waals surface area contributed by atoms with E-state index in [9.17, 15) is 9.59 Å². The zero-order valence-electron chi connectivity index (χ0n) is 15.5. The van der Waals surface area contributed by atoms with Crippen LogP contribution in [-0.4, -0.2) is 35.9 Å². The summed E-state index contributed by atoms with van der Waals surface area (Å²) in [6.07, 6.45) is 0.000290. The minimum absolute atomic E-state index is 0.000290. The summed E-state index contributed by atoms with van der Waals surface area (Å²) < 4.78 is 11.0. The molecule has 6 nitrogen and oxygen atoms in total. The van der Waals surface area contributed by atoms with Crippen molar-refractivity contribution in [2.45, 2.75) is 25.7 Å². The van der Waals surface area contributed by atoms with Gasteiger partial charge in [0.2, 0.25) is 0 Å². The predicted octanol–water partition coefficient (Wildman–Crippen LogP) is 4.05. The molecule has 1 amide bonds. The van der Waals surface area contributed by atoms with E-state index in [1.165, 1.54) is 18.9 Å². The number of rotatable bonds is 9. The normalized spacial score (nSPS) is 10.5. The Morgan fingerprint density at radius 1 is 1.15 bits per heavy atom. The van der Waals surface area contributed by atoms with Crippen LogP contribution in [0.15, 0.2) is 42.5 Å². The van der Waals surface area contributed by atoms with Crippen molar-refractivity contribution in [3.8, 4) is 11.5 Å². The second-order valence-corrected chi connectivity index (χ2v) is 7.06. The van der Waals surface area contributed by atoms with Crippen molar-refractivity contribution in [2.75, 3.05) is 18.2 Å². The van der Waals surface area contributed by atoms with Crippen LogP contribution >= 0.6 is 11.8 Å². The zero-order chi connectivity index (χ0) is 19.8. The van der Waals surface area contributed by atoms with Gasteiger partial charge >= 0.3 is 5.97 Å². The smallest absolute Gasteiger partial charge is 0.313 e. The highest BCUT2D eigenvalue weighted by atomic mass is 32.2. The lowest BCUT2D eigenvalue weighted by atomic mass is 10.1. The van der Waals surface area contributed by atoms with Crippen LogP contribution in [0.5, 0.6) is 11.5 Å². The number of nitrogens with one attached hydrogen (secondary N) is 1. The number of benzene rings is 2. The lowest BCUT2D eigenvalue weighted by Gasteiger charge is -2.14. The first-order valence-corrected chi connectivity index (χ1v) is 9.59. The highest BCUT2D eigenvalue weighted by Crippen LogP contribution is 2.29. The second kappa shape index (κ2) is 9.87. The van der Waals surface area contributed by atoms with E-state index < -0.39 is 5.97 Å². The van der Waals surface area contributed by atoms with E-state index in [0.717, 1.165) is 5.56 Å². The molecule has 0 saturated carbocycles. The molecule has 0 aliphatic carbocycles. The standard InChI is InChI=1S/C20H23NO5S/c1-13(2)26-17-8-7-15(10-18(17)25-3)20(24)21-16-6-4-5-14(9-16)11-27-12-19(22)23/h4-10,13H,11-12H2,1-3H3,(H,21,24)(H,22,23). The number of thioether (sulfide) groups is 1. The molecular formula is C20H23NO5S. The van der Waals surface area contributed by atoms with Crippen LogP contribution in [0.4, 0.5) is 5.69 Å². The number of carboxylic acid groups (broad SMARTS) is 1. The fourth-order valence-electron chi connectivity index (χ4n) is 2.36. The Morgan fingerprint density at radius 3 is 2.59 bits per heavy atom. The minimum Gasteiger partial charge on any atom is -0.493 e. The molecule has 0 atom stereocenters. The van der Waals surface area contributed by atoms with Crippen molar-refractivity contribution in [3.63, 3.8) is 0 Å². The topological polar surface area (TPSA) is 84.9 Å². The summed E-state index contributed by atoms with van der Waals surface area (Å²) in [6, 6.07) is 12.4. The molecule has 0 heterocycles. The van der Waals surface area contributed by atoms with Gasteiger partial charge in [-0.3, -0.25) is 9.59 Å². The zero-order valence-corrected chi connectivity index (χ0v) is 16.3. The first kappa shape index (κ1) is 20.6. The van der Waals surface area contributed by atoms with Gasteiger partial charge in [-0.25, -0.2) is 0 Å². The molecule has 144 valence electrons. The fraction of sp³-hybridized carbons (Fsp3) is 0.300. The van der Waals surface area contributed by atoms with Crippen molar-refractivity contribution in [3.05, 3.63) is 53.6 Å². The van der Waals surface area contributed by atoms with Gasteiger partial charge in [0.1, 0.15) is 0 Å². The minimum atomic E-state index is -0.844. The van der Waals surface area contributed by atoms with E-state index in [1.807, 2.05) is 32.0 Å². The maximum absolute atomic E-state index is 12.5. The molecule has 0 spiro atoms. The van der Waals surface area contributed by atoms with Gasteiger partial charge in [0.15, 0.2) is 11.5 Å². The maximum Gasteiger partial charge on any atom is 0.313 e. The van der Waals surface area contributed by atoms with Gasteiger partial charge < -0.3 is 19.9 Å². The first-order valence-electron chi connectivity index (χ1n) is 8.43. The van der Waals surface area contributed by atoms with Crippen LogP contribution in [-0.2, 0) is 10.5 Å². The second-order valence-electron chi connectivity index (χ2n) is 6.07. The lowest BCUT2D eigenvalue weighted by Crippen LogP contribution is -2.13. The number of carboxylic acids is 1. The molecule has 0 fully saturated rings. The van der Waals surface area contributed by atoms with Crippen molar-refractivity contribution in [1.29, 1.82) is 0 Å². The van der Waals surface area contributed by atoms with Crippen molar-refractivity contribution in [1.82, 2.24) is 0 Å². The Labute approximate surface area is 162 Å². The van der Waals surface area contributed by atoms with E-state index in [-0.39, 0.29) is 17.8 Å². The molecule has 0 aliphatic heterocycles. The van der Waals surface area contributed by atoms with E-state index in [4.69, 9.17) is 14.6 Å². The summed E-state index contributed by atoms with van der Waals surface area (Å²) in [5.41, 5.74) is 2.04. The Bertz CT molecular complexity index is 807. The van der Waals surface area contributed by atoms with E-state index in [2.05, 4.69) is 5.32 Å². The molecule has 0 bridgehead atoms. The third kappa shape index (κ3) is 6.53. The Hall–Kier alpha value is -2.67. The molecule has 0 unspecified atom stereocenters. The molecule has 0 radical (unpaired) electrons. The summed E-state index contributed by atoms with van der Waals surface area (Å²) in [5, 5.41) is 11.6. The molecule has 7 heteroatoms. The van der Waals surface area contributed by atoms with Gasteiger partial charge in [-0.15, -0.1) is 11.8 Å². The van der Waals surface area contributed by atoms with E-state index >= 15 is 0 Å². The number of carbonyl (C=O) groups excluding carboxylic acids is 1. The molecule has 2 aromatic rings. The monoisotopic (exact) mass is 389 g/mol. The maximum atomic E-state index is 12.5. The molecular weight excluding hydrogens is 366 g/mol. The average Bonchev–Trinajstić information content (AvgIpc) is 2.61. The number of methoxy groups -OCH3 is 1. The van der Waals surface area contributed by atoms with Crippen LogP contribution in [0.1, 0.15) is 29.8 Å². The molecule has 2 rings (SSSR count). The highest BCUT2D eigenvalue weighted by Gasteiger charge is 2.12. The number of amides is 1. The molecule has 0 aliphatic rings. The van der Waals surface area contributed by atoms with Gasteiger partial charge in [0.25, 0.3) is 5.91 Å². The van der Waals surface area contributed by atoms with Crippen molar-refractivity contribution < 1.29 is 24.2 Å². The molecule has 27 heavy (non-hydrogen) atoms. The highest BCUT2D eigenvalue weighted by molar-refractivity contribution is 7.99. The number of hydrogen-bond acceptors (Lipinski definition) is 5. The molecule has 2 aromatic carbocycles. The lowest BCUT2D eigenvalue weighted by molar-refractivity contribution is -0.133. The summed E-state index contributed by atoms with van der Waals surface area (Å²) in [6.45, 7) is 3.84. The predicted molar refractivity (Wildman–Crippen MR) is 107 cm³/mol. The Balaban J connectivity index is 2.07.